The molecule has 2 saturated heterocycles. The van der Waals surface area contributed by atoms with E-state index < -0.39 is 18.2 Å². The fraction of sp³-hybridized carbons (Fsp3) is 1.00. The van der Waals surface area contributed by atoms with Crippen molar-refractivity contribution in [3.05, 3.63) is 0 Å². The molecule has 2 rings (SSSR count). The van der Waals surface area contributed by atoms with E-state index in [1.54, 1.807) is 0 Å². The third-order valence-corrected chi connectivity index (χ3v) is 2.82. The van der Waals surface area contributed by atoms with Gasteiger partial charge in [-0.05, 0) is 20.8 Å². The van der Waals surface area contributed by atoms with Crippen LogP contribution in [0.4, 0.5) is 0 Å². The van der Waals surface area contributed by atoms with Crippen molar-refractivity contribution in [3.8, 4) is 0 Å². The Morgan fingerprint density at radius 2 is 1.80 bits per heavy atom. The Kier molecular flexibility index (Phi) is 2.77. The highest BCUT2D eigenvalue weighted by Gasteiger charge is 2.53. The number of methoxy groups -OCH3 is 1. The molecule has 0 amide bonds. The van der Waals surface area contributed by atoms with Gasteiger partial charge < -0.3 is 24.1 Å². The summed E-state index contributed by atoms with van der Waals surface area (Å²) in [6.45, 7) is 5.54. The molecule has 0 bridgehead atoms. The molecule has 0 aromatic rings. The van der Waals surface area contributed by atoms with Crippen LogP contribution in [0.15, 0.2) is 0 Å². The molecule has 1 N–H and O–H groups in total. The first-order chi connectivity index (χ1) is 6.94. The van der Waals surface area contributed by atoms with Gasteiger partial charge in [-0.3, -0.25) is 0 Å². The summed E-state index contributed by atoms with van der Waals surface area (Å²) in [5, 5.41) is 9.93. The normalized spacial score (nSPS) is 49.0. The first-order valence-corrected chi connectivity index (χ1v) is 5.16. The second kappa shape index (κ2) is 3.68. The zero-order valence-corrected chi connectivity index (χ0v) is 9.47. The lowest BCUT2D eigenvalue weighted by molar-refractivity contribution is -0.265. The Bertz CT molecular complexity index is 242. The van der Waals surface area contributed by atoms with Gasteiger partial charge in [-0.25, -0.2) is 0 Å². The molecule has 88 valence electrons. The maximum Gasteiger partial charge on any atom is 0.186 e. The van der Waals surface area contributed by atoms with Crippen LogP contribution in [0.25, 0.3) is 0 Å². The lowest BCUT2D eigenvalue weighted by Gasteiger charge is -2.37. The van der Waals surface area contributed by atoms with E-state index in [0.29, 0.717) is 0 Å². The summed E-state index contributed by atoms with van der Waals surface area (Å²) in [6.07, 6.45) is -2.21. The number of aliphatic hydroxyl groups excluding tert-OH is 1. The molecule has 2 heterocycles. The summed E-state index contributed by atoms with van der Waals surface area (Å²) in [7, 11) is 1.50. The highest BCUT2D eigenvalue weighted by Crippen LogP contribution is 2.37. The molecule has 5 atom stereocenters. The van der Waals surface area contributed by atoms with Crippen LogP contribution in [-0.2, 0) is 18.9 Å². The molecule has 15 heavy (non-hydrogen) atoms. The Morgan fingerprint density at radius 1 is 1.20 bits per heavy atom. The van der Waals surface area contributed by atoms with Crippen molar-refractivity contribution < 1.29 is 24.1 Å². The predicted octanol–water partition coefficient (Wildman–Crippen LogP) is 0.259. The van der Waals surface area contributed by atoms with E-state index >= 15 is 0 Å². The van der Waals surface area contributed by atoms with Crippen LogP contribution in [0.5, 0.6) is 0 Å². The van der Waals surface area contributed by atoms with E-state index in [0.717, 1.165) is 0 Å². The van der Waals surface area contributed by atoms with Crippen LogP contribution in [-0.4, -0.2) is 48.7 Å². The molecular weight excluding hydrogens is 200 g/mol. The molecular formula is C10H18O5. The number of hydrogen-bond donors (Lipinski definition) is 1. The summed E-state index contributed by atoms with van der Waals surface area (Å²) in [4.78, 5) is 0. The van der Waals surface area contributed by atoms with Gasteiger partial charge >= 0.3 is 0 Å². The fourth-order valence-corrected chi connectivity index (χ4v) is 2.16. The third-order valence-electron chi connectivity index (χ3n) is 2.82. The molecule has 0 spiro atoms. The Balaban J connectivity index is 2.16. The largest absolute Gasteiger partial charge is 0.385 e. The monoisotopic (exact) mass is 218 g/mol. The minimum atomic E-state index is -0.807. The van der Waals surface area contributed by atoms with Gasteiger partial charge in [0, 0.05) is 7.11 Å². The van der Waals surface area contributed by atoms with E-state index in [9.17, 15) is 5.11 Å². The van der Waals surface area contributed by atoms with Gasteiger partial charge in [0.1, 0.15) is 18.3 Å². The fourth-order valence-electron chi connectivity index (χ4n) is 2.16. The minimum Gasteiger partial charge on any atom is -0.385 e. The Morgan fingerprint density at radius 3 is 2.40 bits per heavy atom. The highest BCUT2D eigenvalue weighted by molar-refractivity contribution is 4.94. The average molecular weight is 218 g/mol. The Hall–Kier alpha value is -0.200. The number of rotatable bonds is 1. The van der Waals surface area contributed by atoms with E-state index in [-0.39, 0.29) is 18.3 Å². The van der Waals surface area contributed by atoms with E-state index in [2.05, 4.69) is 0 Å². The van der Waals surface area contributed by atoms with Crippen LogP contribution >= 0.6 is 0 Å². The molecule has 0 aromatic heterocycles. The molecule has 0 aromatic carbocycles. The lowest BCUT2D eigenvalue weighted by Crippen LogP contribution is -2.55. The molecule has 0 radical (unpaired) electrons. The standard InChI is InChI=1S/C10H18O5/c1-5-7-8(15-10(2,3)14-7)6(11)9(12-4)13-5/h5-9,11H,1-4H3/t5-,6-,7-,8-,9+/m1/s1. The van der Waals surface area contributed by atoms with Gasteiger partial charge in [0.25, 0.3) is 0 Å². The molecule has 2 fully saturated rings. The van der Waals surface area contributed by atoms with Gasteiger partial charge in [-0.1, -0.05) is 0 Å². The number of fused-ring (bicyclic) bond motifs is 1. The quantitative estimate of drug-likeness (QED) is 0.684. The van der Waals surface area contributed by atoms with Crippen molar-refractivity contribution in [1.29, 1.82) is 0 Å². The molecule has 2 aliphatic heterocycles. The van der Waals surface area contributed by atoms with Crippen LogP contribution in [0.3, 0.4) is 0 Å². The summed E-state index contributed by atoms with van der Waals surface area (Å²) in [5.41, 5.74) is 0. The van der Waals surface area contributed by atoms with Gasteiger partial charge in [0.2, 0.25) is 0 Å². The molecule has 5 heteroatoms. The third kappa shape index (κ3) is 1.90. The second-order valence-corrected chi connectivity index (χ2v) is 4.50. The van der Waals surface area contributed by atoms with E-state index in [4.69, 9.17) is 18.9 Å². The van der Waals surface area contributed by atoms with Gasteiger partial charge in [0.15, 0.2) is 12.1 Å². The van der Waals surface area contributed by atoms with Crippen LogP contribution in [0.1, 0.15) is 20.8 Å². The summed E-state index contributed by atoms with van der Waals surface area (Å²) >= 11 is 0. The highest BCUT2D eigenvalue weighted by atomic mass is 16.8. The molecule has 5 nitrogen and oxygen atoms in total. The second-order valence-electron chi connectivity index (χ2n) is 4.50. The van der Waals surface area contributed by atoms with Crippen molar-refractivity contribution in [2.24, 2.45) is 0 Å². The van der Waals surface area contributed by atoms with Crippen molar-refractivity contribution >= 4 is 0 Å². The number of ether oxygens (including phenoxy) is 4. The molecule has 0 unspecified atom stereocenters. The van der Waals surface area contributed by atoms with Crippen LogP contribution in [0.2, 0.25) is 0 Å². The number of aliphatic hydroxyl groups is 1. The Labute approximate surface area is 89.3 Å². The van der Waals surface area contributed by atoms with Gasteiger partial charge in [-0.2, -0.15) is 0 Å². The smallest absolute Gasteiger partial charge is 0.186 e. The summed E-state index contributed by atoms with van der Waals surface area (Å²) in [6, 6.07) is 0. The van der Waals surface area contributed by atoms with Crippen molar-refractivity contribution in [1.82, 2.24) is 0 Å². The summed E-state index contributed by atoms with van der Waals surface area (Å²) < 4.78 is 21.8. The van der Waals surface area contributed by atoms with Gasteiger partial charge in [0.05, 0.1) is 6.10 Å². The average Bonchev–Trinajstić information content (AvgIpc) is 2.48. The van der Waals surface area contributed by atoms with Gasteiger partial charge in [-0.15, -0.1) is 0 Å². The van der Waals surface area contributed by atoms with Crippen LogP contribution < -0.4 is 0 Å². The maximum absolute atomic E-state index is 9.93. The molecule has 0 saturated carbocycles. The topological polar surface area (TPSA) is 57.2 Å². The van der Waals surface area contributed by atoms with E-state index in [1.165, 1.54) is 7.11 Å². The van der Waals surface area contributed by atoms with Crippen molar-refractivity contribution in [2.75, 3.05) is 7.11 Å². The predicted molar refractivity (Wildman–Crippen MR) is 51.2 cm³/mol. The first-order valence-electron chi connectivity index (χ1n) is 5.16. The zero-order valence-electron chi connectivity index (χ0n) is 9.47. The molecule has 2 aliphatic rings. The first kappa shape index (κ1) is 11.3. The van der Waals surface area contributed by atoms with Crippen molar-refractivity contribution in [3.63, 3.8) is 0 Å². The zero-order chi connectivity index (χ0) is 11.2. The lowest BCUT2D eigenvalue weighted by atomic mass is 10.0. The van der Waals surface area contributed by atoms with Crippen LogP contribution in [0, 0.1) is 0 Å². The SMILES string of the molecule is CO[C@H]1O[C@H](C)[C@H]2OC(C)(C)O[C@@H]2[C@H]1O. The summed E-state index contributed by atoms with van der Waals surface area (Å²) in [5.74, 6) is -0.670. The number of hydrogen-bond acceptors (Lipinski definition) is 5. The molecule has 0 aliphatic carbocycles. The minimum absolute atomic E-state index is 0.148. The van der Waals surface area contributed by atoms with Crippen molar-refractivity contribution in [2.45, 2.75) is 57.3 Å². The van der Waals surface area contributed by atoms with E-state index in [1.807, 2.05) is 20.8 Å². The maximum atomic E-state index is 9.93.